The molecule has 1 aromatic carbocycles. The summed E-state index contributed by atoms with van der Waals surface area (Å²) in [4.78, 5) is 17.7. The van der Waals surface area contributed by atoms with Crippen LogP contribution < -0.4 is 0 Å². The molecule has 0 bridgehead atoms. The highest BCUT2D eigenvalue weighted by Crippen LogP contribution is 2.28. The maximum Gasteiger partial charge on any atom is 0.254 e. The Morgan fingerprint density at radius 3 is 3.06 bits per heavy atom. The van der Waals surface area contributed by atoms with Gasteiger partial charge in [0, 0.05) is 36.3 Å². The molecule has 1 aliphatic heterocycles. The molecule has 3 nitrogen and oxygen atoms in total. The van der Waals surface area contributed by atoms with Gasteiger partial charge in [-0.2, -0.15) is 0 Å². The van der Waals surface area contributed by atoms with Crippen LogP contribution in [-0.2, 0) is 6.54 Å². The number of fused-ring (bicyclic) bond motifs is 1. The van der Waals surface area contributed by atoms with E-state index in [-0.39, 0.29) is 5.91 Å². The van der Waals surface area contributed by atoms with Gasteiger partial charge in [-0.05, 0) is 17.7 Å². The number of carbonyl (C=O) groups is 1. The van der Waals surface area contributed by atoms with Crippen LogP contribution in [0, 0.1) is 0 Å². The van der Waals surface area contributed by atoms with Crippen LogP contribution in [0.5, 0.6) is 0 Å². The second kappa shape index (κ2) is 3.42. The number of nitrogens with zero attached hydrogens (tertiary/aromatic N) is 2. The van der Waals surface area contributed by atoms with E-state index in [1.54, 1.807) is 22.4 Å². The second-order valence-electron chi connectivity index (χ2n) is 3.87. The van der Waals surface area contributed by atoms with Crippen LogP contribution in [-0.4, -0.2) is 22.8 Å². The van der Waals surface area contributed by atoms with Gasteiger partial charge in [0.25, 0.3) is 5.91 Å². The molecule has 2 heterocycles. The average Bonchev–Trinajstić information content (AvgIpc) is 2.88. The van der Waals surface area contributed by atoms with Gasteiger partial charge < -0.3 is 4.90 Å². The number of carbonyl (C=O) groups excluding carboxylic acids is 1. The fraction of sp³-hybridized carbons (Fsp3) is 0.167. The van der Waals surface area contributed by atoms with Crippen molar-refractivity contribution < 1.29 is 4.79 Å². The number of thiazole rings is 1. The Bertz CT molecular complexity index is 548. The number of hydrogen-bond acceptors (Lipinski definition) is 3. The van der Waals surface area contributed by atoms with Gasteiger partial charge in [0.1, 0.15) is 5.01 Å². The molecule has 0 fully saturated rings. The van der Waals surface area contributed by atoms with Crippen molar-refractivity contribution in [3.8, 4) is 10.6 Å². The molecule has 80 valence electrons. The van der Waals surface area contributed by atoms with Crippen molar-refractivity contribution in [2.45, 2.75) is 6.54 Å². The van der Waals surface area contributed by atoms with Crippen molar-refractivity contribution >= 4 is 17.2 Å². The minimum absolute atomic E-state index is 0.112. The monoisotopic (exact) mass is 230 g/mol. The van der Waals surface area contributed by atoms with Crippen molar-refractivity contribution in [3.05, 3.63) is 40.9 Å². The first-order valence-electron chi connectivity index (χ1n) is 5.04. The summed E-state index contributed by atoms with van der Waals surface area (Å²) in [5.41, 5.74) is 3.01. The SMILES string of the molecule is CN1Cc2cc(-c3nccs3)ccc2C1=O. The summed E-state index contributed by atoms with van der Waals surface area (Å²) in [6, 6.07) is 5.93. The topological polar surface area (TPSA) is 33.2 Å². The average molecular weight is 230 g/mol. The minimum atomic E-state index is 0.112. The zero-order valence-corrected chi connectivity index (χ0v) is 9.62. The molecule has 1 amide bonds. The first-order chi connectivity index (χ1) is 7.75. The first kappa shape index (κ1) is 9.54. The summed E-state index contributed by atoms with van der Waals surface area (Å²) >= 11 is 1.61. The fourth-order valence-electron chi connectivity index (χ4n) is 1.97. The van der Waals surface area contributed by atoms with Gasteiger partial charge in [-0.3, -0.25) is 4.79 Å². The maximum absolute atomic E-state index is 11.7. The quantitative estimate of drug-likeness (QED) is 0.753. The molecular formula is C12H10N2OS. The van der Waals surface area contributed by atoms with Crippen molar-refractivity contribution in [2.24, 2.45) is 0 Å². The summed E-state index contributed by atoms with van der Waals surface area (Å²) in [6.07, 6.45) is 1.80. The van der Waals surface area contributed by atoms with Crippen LogP contribution in [0.1, 0.15) is 15.9 Å². The predicted octanol–water partition coefficient (Wildman–Crippen LogP) is 2.40. The van der Waals surface area contributed by atoms with Gasteiger partial charge in [0.05, 0.1) is 0 Å². The highest BCUT2D eigenvalue weighted by Gasteiger charge is 2.24. The fourth-order valence-corrected chi connectivity index (χ4v) is 2.60. The largest absolute Gasteiger partial charge is 0.337 e. The Morgan fingerprint density at radius 1 is 1.44 bits per heavy atom. The van der Waals surface area contributed by atoms with Crippen molar-refractivity contribution in [1.82, 2.24) is 9.88 Å². The van der Waals surface area contributed by atoms with Crippen LogP contribution in [0.3, 0.4) is 0 Å². The number of aromatic nitrogens is 1. The Kier molecular flexibility index (Phi) is 2.04. The van der Waals surface area contributed by atoms with Crippen LogP contribution >= 0.6 is 11.3 Å². The number of benzene rings is 1. The zero-order valence-electron chi connectivity index (χ0n) is 8.80. The van der Waals surface area contributed by atoms with E-state index in [4.69, 9.17) is 0 Å². The highest BCUT2D eigenvalue weighted by molar-refractivity contribution is 7.13. The lowest BCUT2D eigenvalue weighted by Gasteiger charge is -2.04. The van der Waals surface area contributed by atoms with Crippen molar-refractivity contribution in [2.75, 3.05) is 7.05 Å². The molecule has 4 heteroatoms. The Labute approximate surface area is 97.4 Å². The smallest absolute Gasteiger partial charge is 0.254 e. The van der Waals surface area contributed by atoms with Crippen LogP contribution in [0.25, 0.3) is 10.6 Å². The van der Waals surface area contributed by atoms with Crippen molar-refractivity contribution in [3.63, 3.8) is 0 Å². The molecule has 0 aliphatic carbocycles. The molecule has 0 spiro atoms. The molecule has 0 saturated heterocycles. The normalized spacial score (nSPS) is 14.3. The lowest BCUT2D eigenvalue weighted by Crippen LogP contribution is -2.17. The lowest BCUT2D eigenvalue weighted by atomic mass is 10.1. The third-order valence-electron chi connectivity index (χ3n) is 2.77. The molecule has 0 saturated carbocycles. The molecule has 1 aromatic heterocycles. The molecule has 1 aliphatic rings. The molecule has 2 aromatic rings. The van der Waals surface area contributed by atoms with E-state index < -0.39 is 0 Å². The molecule has 3 rings (SSSR count). The zero-order chi connectivity index (χ0) is 11.1. The van der Waals surface area contributed by atoms with Gasteiger partial charge in [-0.15, -0.1) is 11.3 Å². The van der Waals surface area contributed by atoms with Crippen molar-refractivity contribution in [1.29, 1.82) is 0 Å². The number of amides is 1. The third kappa shape index (κ3) is 1.34. The number of hydrogen-bond donors (Lipinski definition) is 0. The van der Waals surface area contributed by atoms with Gasteiger partial charge in [-0.25, -0.2) is 4.98 Å². The minimum Gasteiger partial charge on any atom is -0.337 e. The van der Waals surface area contributed by atoms with E-state index in [0.717, 1.165) is 21.7 Å². The van der Waals surface area contributed by atoms with E-state index in [9.17, 15) is 4.79 Å². The van der Waals surface area contributed by atoms with E-state index >= 15 is 0 Å². The van der Waals surface area contributed by atoms with E-state index in [1.165, 1.54) is 0 Å². The van der Waals surface area contributed by atoms with E-state index in [0.29, 0.717) is 6.54 Å². The summed E-state index contributed by atoms with van der Waals surface area (Å²) in [5, 5.41) is 2.96. The molecular weight excluding hydrogens is 220 g/mol. The summed E-state index contributed by atoms with van der Waals surface area (Å²) in [5.74, 6) is 0.112. The second-order valence-corrected chi connectivity index (χ2v) is 4.76. The first-order valence-corrected chi connectivity index (χ1v) is 5.92. The summed E-state index contributed by atoms with van der Waals surface area (Å²) in [6.45, 7) is 0.702. The van der Waals surface area contributed by atoms with E-state index in [2.05, 4.69) is 11.1 Å². The predicted molar refractivity (Wildman–Crippen MR) is 63.3 cm³/mol. The molecule has 0 N–H and O–H groups in total. The van der Waals surface area contributed by atoms with Crippen LogP contribution in [0.2, 0.25) is 0 Å². The molecule has 0 atom stereocenters. The van der Waals surface area contributed by atoms with E-state index in [1.807, 2.05) is 24.6 Å². The lowest BCUT2D eigenvalue weighted by molar-refractivity contribution is 0.0816. The summed E-state index contributed by atoms with van der Waals surface area (Å²) < 4.78 is 0. The van der Waals surface area contributed by atoms with Crippen LogP contribution in [0.4, 0.5) is 0 Å². The molecule has 16 heavy (non-hydrogen) atoms. The van der Waals surface area contributed by atoms with Gasteiger partial charge in [0.2, 0.25) is 0 Å². The van der Waals surface area contributed by atoms with Gasteiger partial charge in [0.15, 0.2) is 0 Å². The maximum atomic E-state index is 11.7. The molecule has 0 unspecified atom stereocenters. The van der Waals surface area contributed by atoms with Gasteiger partial charge in [-0.1, -0.05) is 6.07 Å². The third-order valence-corrected chi connectivity index (χ3v) is 3.59. The van der Waals surface area contributed by atoms with Crippen LogP contribution in [0.15, 0.2) is 29.8 Å². The van der Waals surface area contributed by atoms with Gasteiger partial charge >= 0.3 is 0 Å². The standard InChI is InChI=1S/C12H10N2OS/c1-14-7-9-6-8(11-13-4-5-16-11)2-3-10(9)12(14)15/h2-6H,7H2,1H3. The Morgan fingerprint density at radius 2 is 2.31 bits per heavy atom. The molecule has 0 radical (unpaired) electrons. The Balaban J connectivity index is 2.09. The number of rotatable bonds is 1. The summed E-state index contributed by atoms with van der Waals surface area (Å²) in [7, 11) is 1.82. The highest BCUT2D eigenvalue weighted by atomic mass is 32.1. The Hall–Kier alpha value is -1.68.